The molecule has 6 heteroatoms. The summed E-state index contributed by atoms with van der Waals surface area (Å²) in [6.07, 6.45) is 7.72. The van der Waals surface area contributed by atoms with Crippen molar-refractivity contribution in [1.29, 1.82) is 5.26 Å². The van der Waals surface area contributed by atoms with E-state index in [1.807, 2.05) is 42.6 Å². The molecule has 1 aliphatic rings. The van der Waals surface area contributed by atoms with E-state index in [9.17, 15) is 5.26 Å². The van der Waals surface area contributed by atoms with Crippen LogP contribution in [0.25, 0.3) is 10.9 Å². The van der Waals surface area contributed by atoms with Gasteiger partial charge in [0.1, 0.15) is 18.4 Å². The minimum atomic E-state index is 0.445. The van der Waals surface area contributed by atoms with Gasteiger partial charge >= 0.3 is 0 Å². The Kier molecular flexibility index (Phi) is 6.66. The summed E-state index contributed by atoms with van der Waals surface area (Å²) >= 11 is 0. The number of rotatable bonds is 6. The van der Waals surface area contributed by atoms with Crippen LogP contribution in [0, 0.1) is 30.1 Å². The molecular weight excluding hydrogens is 434 g/mol. The van der Waals surface area contributed by atoms with Gasteiger partial charge in [-0.05, 0) is 68.8 Å². The van der Waals surface area contributed by atoms with E-state index in [0.717, 1.165) is 53.1 Å². The Balaban J connectivity index is 1.42. The Hall–Kier alpha value is -4.26. The Morgan fingerprint density at radius 3 is 2.69 bits per heavy atom. The molecule has 0 radical (unpaired) electrons. The lowest BCUT2D eigenvalue weighted by Gasteiger charge is -2.15. The summed E-state index contributed by atoms with van der Waals surface area (Å²) in [5.41, 5.74) is 5.66. The number of benzene rings is 2. The molecule has 2 N–H and O–H groups in total. The first kappa shape index (κ1) is 22.5. The number of likely N-dealkylation sites (tertiary alicyclic amines) is 1. The van der Waals surface area contributed by atoms with E-state index in [2.05, 4.69) is 51.1 Å². The number of ether oxygens (including phenoxy) is 1. The second kappa shape index (κ2) is 10.3. The number of pyridine rings is 1. The van der Waals surface area contributed by atoms with Gasteiger partial charge in [-0.15, -0.1) is 0 Å². The molecule has 0 bridgehead atoms. The number of hydrogen-bond donors (Lipinski definition) is 2. The average Bonchev–Trinajstić information content (AvgIpc) is 3.58. The van der Waals surface area contributed by atoms with Crippen LogP contribution in [0.15, 0.2) is 61.1 Å². The molecule has 1 aliphatic heterocycles. The summed E-state index contributed by atoms with van der Waals surface area (Å²) in [5, 5.41) is 14.3. The van der Waals surface area contributed by atoms with Gasteiger partial charge in [0.05, 0.1) is 22.4 Å². The lowest BCUT2D eigenvalue weighted by Crippen LogP contribution is -2.25. The van der Waals surface area contributed by atoms with Crippen molar-refractivity contribution in [3.8, 4) is 23.7 Å². The van der Waals surface area contributed by atoms with Gasteiger partial charge in [0.25, 0.3) is 0 Å². The third-order valence-corrected chi connectivity index (χ3v) is 6.41. The van der Waals surface area contributed by atoms with Crippen LogP contribution in [0.2, 0.25) is 0 Å². The van der Waals surface area contributed by atoms with Crippen LogP contribution in [0.3, 0.4) is 0 Å². The predicted molar refractivity (Wildman–Crippen MR) is 139 cm³/mol. The molecule has 2 aromatic carbocycles. The van der Waals surface area contributed by atoms with Crippen LogP contribution >= 0.6 is 0 Å². The van der Waals surface area contributed by atoms with Crippen molar-refractivity contribution in [3.63, 3.8) is 0 Å². The van der Waals surface area contributed by atoms with Crippen LogP contribution in [0.1, 0.15) is 35.1 Å². The van der Waals surface area contributed by atoms with Crippen LogP contribution in [-0.2, 0) is 0 Å². The summed E-state index contributed by atoms with van der Waals surface area (Å²) in [4.78, 5) is 9.90. The SMILES string of the molecule is Cc1c(Nc2c(C#N)cncc2C#Cc2ccccc2OCCN2CCCC2)ccc2[nH]ccc12. The maximum Gasteiger partial charge on any atom is 0.134 e. The zero-order chi connectivity index (χ0) is 24.0. The zero-order valence-corrected chi connectivity index (χ0v) is 19.8. The number of aromatic amines is 1. The summed E-state index contributed by atoms with van der Waals surface area (Å²) < 4.78 is 6.08. The fraction of sp³-hybridized carbons (Fsp3) is 0.241. The Bertz CT molecular complexity index is 1450. The van der Waals surface area contributed by atoms with Crippen molar-refractivity contribution < 1.29 is 4.74 Å². The second-order valence-corrected chi connectivity index (χ2v) is 8.67. The second-order valence-electron chi connectivity index (χ2n) is 8.67. The number of nitrogens with zero attached hydrogens (tertiary/aromatic N) is 3. The highest BCUT2D eigenvalue weighted by Gasteiger charge is 2.13. The first-order valence-corrected chi connectivity index (χ1v) is 11.9. The molecule has 0 saturated carbocycles. The van der Waals surface area contributed by atoms with Gasteiger partial charge < -0.3 is 15.0 Å². The van der Waals surface area contributed by atoms with E-state index >= 15 is 0 Å². The fourth-order valence-corrected chi connectivity index (χ4v) is 4.45. The highest BCUT2D eigenvalue weighted by molar-refractivity contribution is 5.89. The molecule has 1 fully saturated rings. The van der Waals surface area contributed by atoms with Gasteiger partial charge in [0.15, 0.2) is 0 Å². The number of nitrogens with one attached hydrogen (secondary N) is 2. The summed E-state index contributed by atoms with van der Waals surface area (Å²) in [7, 11) is 0. The molecule has 174 valence electrons. The minimum absolute atomic E-state index is 0.445. The van der Waals surface area contributed by atoms with E-state index in [1.165, 1.54) is 12.8 Å². The van der Waals surface area contributed by atoms with Gasteiger partial charge in [-0.25, -0.2) is 0 Å². The lowest BCUT2D eigenvalue weighted by molar-refractivity contribution is 0.237. The van der Waals surface area contributed by atoms with Crippen molar-refractivity contribution in [3.05, 3.63) is 83.3 Å². The fourth-order valence-electron chi connectivity index (χ4n) is 4.45. The van der Waals surface area contributed by atoms with Gasteiger partial charge in [-0.3, -0.25) is 9.88 Å². The third-order valence-electron chi connectivity index (χ3n) is 6.41. The van der Waals surface area contributed by atoms with Gasteiger partial charge in [0, 0.05) is 41.7 Å². The first-order valence-electron chi connectivity index (χ1n) is 11.9. The van der Waals surface area contributed by atoms with E-state index in [4.69, 9.17) is 4.74 Å². The number of fused-ring (bicyclic) bond motifs is 1. The number of anilines is 2. The van der Waals surface area contributed by atoms with E-state index in [1.54, 1.807) is 12.4 Å². The summed E-state index contributed by atoms with van der Waals surface area (Å²) in [6.45, 7) is 5.93. The Morgan fingerprint density at radius 1 is 1.03 bits per heavy atom. The van der Waals surface area contributed by atoms with Crippen molar-refractivity contribution in [2.24, 2.45) is 0 Å². The van der Waals surface area contributed by atoms with Crippen molar-refractivity contribution in [2.75, 3.05) is 31.6 Å². The van der Waals surface area contributed by atoms with E-state index < -0.39 is 0 Å². The minimum Gasteiger partial charge on any atom is -0.491 e. The standard InChI is InChI=1S/C29H27N5O/c1-21-25-12-13-32-27(25)11-10-26(21)33-29-23(19-31-20-24(29)18-30)9-8-22-6-2-3-7-28(22)35-17-16-34-14-4-5-15-34/h2-3,6-7,10-13,19-20,32H,4-5,14-17H2,1H3,(H,31,33). The average molecular weight is 462 g/mol. The molecule has 6 nitrogen and oxygen atoms in total. The predicted octanol–water partition coefficient (Wildman–Crippen LogP) is 5.36. The maximum atomic E-state index is 9.74. The van der Waals surface area contributed by atoms with Crippen LogP contribution in [-0.4, -0.2) is 41.1 Å². The van der Waals surface area contributed by atoms with Crippen LogP contribution in [0.4, 0.5) is 11.4 Å². The third kappa shape index (κ3) is 4.99. The normalized spacial score (nSPS) is 13.3. The zero-order valence-electron chi connectivity index (χ0n) is 19.8. The van der Waals surface area contributed by atoms with E-state index in [-0.39, 0.29) is 0 Å². The summed E-state index contributed by atoms with van der Waals surface area (Å²) in [5.74, 6) is 7.24. The highest BCUT2D eigenvalue weighted by Crippen LogP contribution is 2.30. The first-order chi connectivity index (χ1) is 17.2. The monoisotopic (exact) mass is 461 g/mol. The highest BCUT2D eigenvalue weighted by atomic mass is 16.5. The molecule has 5 rings (SSSR count). The van der Waals surface area contributed by atoms with E-state index in [0.29, 0.717) is 23.4 Å². The van der Waals surface area contributed by atoms with Gasteiger partial charge in [-0.2, -0.15) is 5.26 Å². The quantitative estimate of drug-likeness (QED) is 0.378. The molecule has 4 aromatic rings. The smallest absolute Gasteiger partial charge is 0.134 e. The number of para-hydroxylation sites is 1. The molecule has 0 amide bonds. The van der Waals surface area contributed by atoms with Crippen molar-refractivity contribution in [1.82, 2.24) is 14.9 Å². The Labute approximate surface area is 205 Å². The van der Waals surface area contributed by atoms with Crippen molar-refractivity contribution >= 4 is 22.3 Å². The van der Waals surface area contributed by atoms with Crippen molar-refractivity contribution in [2.45, 2.75) is 19.8 Å². The largest absolute Gasteiger partial charge is 0.491 e. The topological polar surface area (TPSA) is 77.0 Å². The van der Waals surface area contributed by atoms with Gasteiger partial charge in [-0.1, -0.05) is 24.0 Å². The number of aromatic nitrogens is 2. The molecular formula is C29H27N5O. The molecule has 1 saturated heterocycles. The molecule has 0 atom stereocenters. The molecule has 2 aromatic heterocycles. The molecule has 35 heavy (non-hydrogen) atoms. The van der Waals surface area contributed by atoms with Crippen LogP contribution in [0.5, 0.6) is 5.75 Å². The molecule has 0 aliphatic carbocycles. The van der Waals surface area contributed by atoms with Gasteiger partial charge in [0.2, 0.25) is 0 Å². The number of hydrogen-bond acceptors (Lipinski definition) is 5. The Morgan fingerprint density at radius 2 is 1.83 bits per heavy atom. The summed E-state index contributed by atoms with van der Waals surface area (Å²) in [6, 6.07) is 16.2. The van der Waals surface area contributed by atoms with Crippen LogP contribution < -0.4 is 10.1 Å². The molecule has 3 heterocycles. The lowest BCUT2D eigenvalue weighted by atomic mass is 10.1. The number of aryl methyl sites for hydroxylation is 1. The number of H-pyrrole nitrogens is 1. The molecule has 0 spiro atoms. The molecule has 0 unspecified atom stereocenters. The maximum absolute atomic E-state index is 9.74. The number of nitriles is 1.